The predicted octanol–water partition coefficient (Wildman–Crippen LogP) is 0.171. The highest BCUT2D eigenvalue weighted by Crippen LogP contribution is 1.47. The van der Waals surface area contributed by atoms with Crippen LogP contribution in [0.3, 0.4) is 0 Å². The van der Waals surface area contributed by atoms with Gasteiger partial charge in [0.1, 0.15) is 0 Å². The van der Waals surface area contributed by atoms with Crippen LogP contribution in [0.1, 0.15) is 34.6 Å². The third-order valence-corrected chi connectivity index (χ3v) is 0. The van der Waals surface area contributed by atoms with Crippen molar-refractivity contribution < 1.29 is 25.5 Å². The molecule has 0 aromatic carbocycles. The maximum atomic E-state index is 7.57. The summed E-state index contributed by atoms with van der Waals surface area (Å²) in [4.78, 5) is 2.00. The highest BCUT2D eigenvalue weighted by Gasteiger charge is 1.58. The number of aliphatic hydroxyl groups is 5. The third kappa shape index (κ3) is 76600. The van der Waals surface area contributed by atoms with E-state index in [9.17, 15) is 0 Å². The Morgan fingerprint density at radius 1 is 0.474 bits per heavy atom. The molecule has 19 heavy (non-hydrogen) atoms. The van der Waals surface area contributed by atoms with E-state index in [1.54, 1.807) is 34.6 Å². The lowest BCUT2D eigenvalue weighted by Crippen LogP contribution is -1.99. The Hall–Kier alpha value is -0.240. The van der Waals surface area contributed by atoms with E-state index in [1.165, 1.54) is 0 Å². The Kier molecular flexibility index (Phi) is 158. The Bertz CT molecular complexity index is 52.6. The SMILES string of the molecule is CCO.CCO.CCO.CCO.CCO.CN(C)C. The first-order valence-electron chi connectivity index (χ1n) is 6.46. The highest BCUT2D eigenvalue weighted by molar-refractivity contribution is 4.09. The molecule has 5 N–H and O–H groups in total. The fraction of sp³-hybridized carbons (Fsp3) is 1.00. The largest absolute Gasteiger partial charge is 0.397 e. The van der Waals surface area contributed by atoms with Gasteiger partial charge in [-0.1, -0.05) is 0 Å². The second-order valence-corrected chi connectivity index (χ2v) is 2.92. The second kappa shape index (κ2) is 82.8. The van der Waals surface area contributed by atoms with E-state index in [4.69, 9.17) is 25.5 Å². The standard InChI is InChI=1S/C3H9N.5C2H6O/c1-4(2)3;5*1-2-3/h1-3H3;5*3H,2H2,1H3. The molecule has 0 spiro atoms. The molecule has 0 saturated carbocycles. The summed E-state index contributed by atoms with van der Waals surface area (Å²) in [6.45, 7) is 9.65. The second-order valence-electron chi connectivity index (χ2n) is 2.92. The molecule has 0 saturated heterocycles. The molecule has 0 aliphatic heterocycles. The summed E-state index contributed by atoms with van der Waals surface area (Å²) in [5.74, 6) is 0. The minimum absolute atomic E-state index is 0.250. The Balaban J connectivity index is -0.0000000268. The quantitative estimate of drug-likeness (QED) is 0.435. The fourth-order valence-electron chi connectivity index (χ4n) is 0. The Morgan fingerprint density at radius 2 is 0.474 bits per heavy atom. The maximum absolute atomic E-state index is 7.57. The van der Waals surface area contributed by atoms with E-state index in [0.717, 1.165) is 0 Å². The van der Waals surface area contributed by atoms with Gasteiger partial charge in [-0.2, -0.15) is 0 Å². The molecule has 0 aromatic heterocycles. The first-order valence-corrected chi connectivity index (χ1v) is 6.46. The lowest BCUT2D eigenvalue weighted by atomic mass is 10.9. The zero-order chi connectivity index (χ0) is 17.1. The van der Waals surface area contributed by atoms with Crippen molar-refractivity contribution in [2.45, 2.75) is 34.6 Å². The molecular weight excluding hydrogens is 250 g/mol. The predicted molar refractivity (Wildman–Crippen MR) is 83.4 cm³/mol. The Morgan fingerprint density at radius 3 is 0.474 bits per heavy atom. The summed E-state index contributed by atoms with van der Waals surface area (Å²) in [5, 5.41) is 37.8. The zero-order valence-electron chi connectivity index (χ0n) is 14.2. The van der Waals surface area contributed by atoms with E-state index in [2.05, 4.69) is 0 Å². The van der Waals surface area contributed by atoms with Crippen LogP contribution in [-0.2, 0) is 0 Å². The summed E-state index contributed by atoms with van der Waals surface area (Å²) >= 11 is 0. The maximum Gasteiger partial charge on any atom is 0.0402 e. The van der Waals surface area contributed by atoms with E-state index < -0.39 is 0 Å². The third-order valence-electron chi connectivity index (χ3n) is 0. The van der Waals surface area contributed by atoms with Crippen LogP contribution in [0.2, 0.25) is 0 Å². The van der Waals surface area contributed by atoms with Crippen LogP contribution in [0, 0.1) is 0 Å². The summed E-state index contributed by atoms with van der Waals surface area (Å²) in [6, 6.07) is 0. The van der Waals surface area contributed by atoms with Crippen LogP contribution < -0.4 is 0 Å². The van der Waals surface area contributed by atoms with Crippen LogP contribution in [0.15, 0.2) is 0 Å². The average Bonchev–Trinajstić information content (AvgIpc) is 2.21. The monoisotopic (exact) mass is 289 g/mol. The molecule has 0 aliphatic rings. The number of nitrogens with zero attached hydrogens (tertiary/aromatic N) is 1. The van der Waals surface area contributed by atoms with Gasteiger partial charge in [0.05, 0.1) is 0 Å². The van der Waals surface area contributed by atoms with E-state index in [-0.39, 0.29) is 33.0 Å². The molecule has 0 fully saturated rings. The first-order chi connectivity index (χ1) is 8.80. The molecule has 126 valence electrons. The summed E-state index contributed by atoms with van der Waals surface area (Å²) < 4.78 is 0. The number of aliphatic hydroxyl groups excluding tert-OH is 5. The van der Waals surface area contributed by atoms with Crippen molar-refractivity contribution in [2.75, 3.05) is 54.2 Å². The molecule has 0 aromatic rings. The molecule has 0 amide bonds. The van der Waals surface area contributed by atoms with Gasteiger partial charge in [0.15, 0.2) is 0 Å². The van der Waals surface area contributed by atoms with Crippen molar-refractivity contribution >= 4 is 0 Å². The lowest BCUT2D eigenvalue weighted by molar-refractivity contribution is 0.318. The van der Waals surface area contributed by atoms with Gasteiger partial charge in [-0.25, -0.2) is 0 Å². The van der Waals surface area contributed by atoms with Crippen molar-refractivity contribution in [1.29, 1.82) is 0 Å². The topological polar surface area (TPSA) is 104 Å². The van der Waals surface area contributed by atoms with E-state index in [1.807, 2.05) is 26.0 Å². The van der Waals surface area contributed by atoms with Gasteiger partial charge in [-0.15, -0.1) is 0 Å². The van der Waals surface area contributed by atoms with E-state index >= 15 is 0 Å². The smallest absolute Gasteiger partial charge is 0.0402 e. The minimum atomic E-state index is 0.250. The van der Waals surface area contributed by atoms with Gasteiger partial charge in [-0.05, 0) is 55.8 Å². The van der Waals surface area contributed by atoms with Crippen molar-refractivity contribution in [1.82, 2.24) is 4.90 Å². The number of hydrogen-bond donors (Lipinski definition) is 5. The van der Waals surface area contributed by atoms with Gasteiger partial charge < -0.3 is 30.4 Å². The van der Waals surface area contributed by atoms with Gasteiger partial charge in [0.2, 0.25) is 0 Å². The van der Waals surface area contributed by atoms with E-state index in [0.29, 0.717) is 0 Å². The van der Waals surface area contributed by atoms with Crippen LogP contribution in [0.25, 0.3) is 0 Å². The summed E-state index contributed by atoms with van der Waals surface area (Å²) in [7, 11) is 6.00. The van der Waals surface area contributed by atoms with Gasteiger partial charge >= 0.3 is 0 Å². The first kappa shape index (κ1) is 36.3. The Labute approximate surface area is 120 Å². The molecule has 0 atom stereocenters. The summed E-state index contributed by atoms with van der Waals surface area (Å²) in [5.41, 5.74) is 0. The van der Waals surface area contributed by atoms with Crippen molar-refractivity contribution in [2.24, 2.45) is 0 Å². The molecule has 6 nitrogen and oxygen atoms in total. The number of hydrogen-bond acceptors (Lipinski definition) is 6. The molecule has 6 heteroatoms. The van der Waals surface area contributed by atoms with Gasteiger partial charge in [0.25, 0.3) is 0 Å². The van der Waals surface area contributed by atoms with Crippen LogP contribution in [0.5, 0.6) is 0 Å². The van der Waals surface area contributed by atoms with Crippen LogP contribution >= 0.6 is 0 Å². The highest BCUT2D eigenvalue weighted by atomic mass is 16.3. The van der Waals surface area contributed by atoms with Gasteiger partial charge in [-0.3, -0.25) is 0 Å². The average molecular weight is 289 g/mol. The molecular formula is C13H39NO5. The summed E-state index contributed by atoms with van der Waals surface area (Å²) in [6.07, 6.45) is 0. The fourth-order valence-corrected chi connectivity index (χ4v) is 0. The van der Waals surface area contributed by atoms with Gasteiger partial charge in [0, 0.05) is 33.0 Å². The molecule has 0 unspecified atom stereocenters. The molecule has 0 heterocycles. The van der Waals surface area contributed by atoms with Crippen molar-refractivity contribution in [3.05, 3.63) is 0 Å². The number of rotatable bonds is 0. The van der Waals surface area contributed by atoms with Crippen LogP contribution in [-0.4, -0.2) is 84.6 Å². The molecule has 0 rings (SSSR count). The normalized spacial score (nSPS) is 6.63. The van der Waals surface area contributed by atoms with Crippen molar-refractivity contribution in [3.63, 3.8) is 0 Å². The van der Waals surface area contributed by atoms with Crippen LogP contribution in [0.4, 0.5) is 0 Å². The zero-order valence-corrected chi connectivity index (χ0v) is 14.2. The minimum Gasteiger partial charge on any atom is -0.397 e. The molecule has 0 aliphatic carbocycles. The molecule has 0 radical (unpaired) electrons. The van der Waals surface area contributed by atoms with Crippen molar-refractivity contribution in [3.8, 4) is 0 Å². The lowest BCUT2D eigenvalue weighted by Gasteiger charge is -1.90. The molecule has 0 bridgehead atoms.